The molecule has 1 aliphatic rings. The Kier molecular flexibility index (Phi) is 6.09. The number of carbonyl (C=O) groups is 1. The van der Waals surface area contributed by atoms with Gasteiger partial charge in [-0.25, -0.2) is 4.79 Å². The van der Waals surface area contributed by atoms with Crippen LogP contribution in [0, 0.1) is 11.3 Å². The van der Waals surface area contributed by atoms with E-state index in [2.05, 4.69) is 20.8 Å². The minimum atomic E-state index is -0.139. The Morgan fingerprint density at radius 3 is 2.26 bits per heavy atom. The topological polar surface area (TPSA) is 26.3 Å². The third-order valence-corrected chi connectivity index (χ3v) is 5.03. The van der Waals surface area contributed by atoms with Gasteiger partial charge in [0.05, 0.1) is 6.61 Å². The molecule has 0 aromatic heterocycles. The Hall–Kier alpha value is -0.790. The van der Waals surface area contributed by atoms with Crippen molar-refractivity contribution >= 4 is 5.97 Å². The van der Waals surface area contributed by atoms with Crippen molar-refractivity contribution in [2.45, 2.75) is 73.1 Å². The second-order valence-electron chi connectivity index (χ2n) is 6.12. The number of hydrogen-bond acceptors (Lipinski definition) is 2. The summed E-state index contributed by atoms with van der Waals surface area (Å²) in [6, 6.07) is 0. The van der Waals surface area contributed by atoms with Gasteiger partial charge < -0.3 is 4.74 Å². The van der Waals surface area contributed by atoms with E-state index in [1.54, 1.807) is 0 Å². The first-order valence-corrected chi connectivity index (χ1v) is 7.82. The highest BCUT2D eigenvalue weighted by atomic mass is 16.5. The van der Waals surface area contributed by atoms with Gasteiger partial charge in [-0.1, -0.05) is 38.7 Å². The van der Waals surface area contributed by atoms with Crippen molar-refractivity contribution in [3.05, 3.63) is 11.1 Å². The van der Waals surface area contributed by atoms with Crippen LogP contribution >= 0.6 is 0 Å². The second-order valence-corrected chi connectivity index (χ2v) is 6.12. The van der Waals surface area contributed by atoms with Crippen LogP contribution in [0.15, 0.2) is 11.1 Å². The van der Waals surface area contributed by atoms with Crippen molar-refractivity contribution in [1.82, 2.24) is 0 Å². The first-order chi connectivity index (χ1) is 8.97. The van der Waals surface area contributed by atoms with E-state index >= 15 is 0 Å². The standard InChI is InChI=1S/C17H30O2/c1-6-12-17(5,15-10-8-9-11-15)14(4)13(3)16(18)19-7-2/h15H,6-12H2,1-5H3. The van der Waals surface area contributed by atoms with Crippen LogP contribution in [-0.2, 0) is 9.53 Å². The Bertz CT molecular complexity index is 337. The van der Waals surface area contributed by atoms with Gasteiger partial charge in [0.1, 0.15) is 0 Å². The summed E-state index contributed by atoms with van der Waals surface area (Å²) in [7, 11) is 0. The largest absolute Gasteiger partial charge is 0.463 e. The maximum Gasteiger partial charge on any atom is 0.333 e. The van der Waals surface area contributed by atoms with Crippen molar-refractivity contribution in [2.75, 3.05) is 6.61 Å². The van der Waals surface area contributed by atoms with Gasteiger partial charge in [0.2, 0.25) is 0 Å². The summed E-state index contributed by atoms with van der Waals surface area (Å²) in [6.45, 7) is 11.0. The lowest BCUT2D eigenvalue weighted by Gasteiger charge is -2.38. The molecule has 0 radical (unpaired) electrons. The molecular weight excluding hydrogens is 236 g/mol. The molecule has 1 atom stereocenters. The van der Waals surface area contributed by atoms with Gasteiger partial charge in [-0.05, 0) is 51.4 Å². The predicted octanol–water partition coefficient (Wildman–Crippen LogP) is 4.88. The van der Waals surface area contributed by atoms with Gasteiger partial charge in [0.15, 0.2) is 0 Å². The molecule has 1 unspecified atom stereocenters. The average Bonchev–Trinajstić information content (AvgIpc) is 2.91. The number of carbonyl (C=O) groups excluding carboxylic acids is 1. The van der Waals surface area contributed by atoms with Gasteiger partial charge >= 0.3 is 5.97 Å². The molecule has 0 N–H and O–H groups in total. The molecule has 1 aliphatic carbocycles. The molecular formula is C17H30O2. The SMILES string of the molecule is CCCC(C)(C(C)=C(C)C(=O)OCC)C1CCCC1. The summed E-state index contributed by atoms with van der Waals surface area (Å²) >= 11 is 0. The van der Waals surface area contributed by atoms with Crippen LogP contribution in [0.4, 0.5) is 0 Å². The summed E-state index contributed by atoms with van der Waals surface area (Å²) in [5.74, 6) is 0.595. The summed E-state index contributed by atoms with van der Waals surface area (Å²) in [6.07, 6.45) is 7.64. The summed E-state index contributed by atoms with van der Waals surface area (Å²) in [5.41, 5.74) is 2.24. The van der Waals surface area contributed by atoms with Crippen molar-refractivity contribution in [2.24, 2.45) is 11.3 Å². The van der Waals surface area contributed by atoms with Crippen LogP contribution in [-0.4, -0.2) is 12.6 Å². The fourth-order valence-corrected chi connectivity index (χ4v) is 3.60. The van der Waals surface area contributed by atoms with E-state index in [4.69, 9.17) is 4.74 Å². The molecule has 0 aromatic carbocycles. The third-order valence-electron chi connectivity index (χ3n) is 5.03. The van der Waals surface area contributed by atoms with E-state index < -0.39 is 0 Å². The molecule has 2 nitrogen and oxygen atoms in total. The summed E-state index contributed by atoms with van der Waals surface area (Å²) in [5, 5.41) is 0. The van der Waals surface area contributed by atoms with E-state index in [1.165, 1.54) is 44.1 Å². The quantitative estimate of drug-likeness (QED) is 0.506. The van der Waals surface area contributed by atoms with Gasteiger partial charge in [-0.15, -0.1) is 0 Å². The molecule has 110 valence electrons. The summed E-state index contributed by atoms with van der Waals surface area (Å²) in [4.78, 5) is 12.0. The Balaban J connectivity index is 3.02. The molecule has 0 amide bonds. The zero-order valence-electron chi connectivity index (χ0n) is 13.3. The van der Waals surface area contributed by atoms with E-state index in [-0.39, 0.29) is 11.4 Å². The molecule has 1 rings (SSSR count). The van der Waals surface area contributed by atoms with Crippen LogP contribution in [0.3, 0.4) is 0 Å². The fraction of sp³-hybridized carbons (Fsp3) is 0.824. The molecule has 0 aromatic rings. The number of hydrogen-bond donors (Lipinski definition) is 0. The molecule has 0 saturated heterocycles. The molecule has 0 bridgehead atoms. The third kappa shape index (κ3) is 3.61. The van der Waals surface area contributed by atoms with Crippen LogP contribution < -0.4 is 0 Å². The van der Waals surface area contributed by atoms with Gasteiger partial charge in [-0.2, -0.15) is 0 Å². The lowest BCUT2D eigenvalue weighted by molar-refractivity contribution is -0.138. The van der Waals surface area contributed by atoms with Gasteiger partial charge in [0.25, 0.3) is 0 Å². The Labute approximate surface area is 118 Å². The highest BCUT2D eigenvalue weighted by Gasteiger charge is 2.38. The average molecular weight is 266 g/mol. The lowest BCUT2D eigenvalue weighted by Crippen LogP contribution is -2.29. The smallest absolute Gasteiger partial charge is 0.333 e. The van der Waals surface area contributed by atoms with Crippen molar-refractivity contribution in [3.8, 4) is 0 Å². The molecule has 0 spiro atoms. The maximum atomic E-state index is 12.0. The van der Waals surface area contributed by atoms with Gasteiger partial charge in [-0.3, -0.25) is 0 Å². The lowest BCUT2D eigenvalue weighted by atomic mass is 9.67. The monoisotopic (exact) mass is 266 g/mol. The van der Waals surface area contributed by atoms with E-state index in [0.717, 1.165) is 11.5 Å². The van der Waals surface area contributed by atoms with E-state index in [9.17, 15) is 4.79 Å². The van der Waals surface area contributed by atoms with Crippen molar-refractivity contribution < 1.29 is 9.53 Å². The zero-order valence-corrected chi connectivity index (χ0v) is 13.3. The normalized spacial score (nSPS) is 20.9. The van der Waals surface area contributed by atoms with Crippen LogP contribution in [0.5, 0.6) is 0 Å². The number of rotatable bonds is 6. The molecule has 0 heterocycles. The van der Waals surface area contributed by atoms with Crippen molar-refractivity contribution in [1.29, 1.82) is 0 Å². The zero-order chi connectivity index (χ0) is 14.5. The highest BCUT2D eigenvalue weighted by molar-refractivity contribution is 5.88. The maximum absolute atomic E-state index is 12.0. The number of allylic oxidation sites excluding steroid dienone is 1. The van der Waals surface area contributed by atoms with Crippen molar-refractivity contribution in [3.63, 3.8) is 0 Å². The first kappa shape index (κ1) is 16.3. The molecule has 0 aliphatic heterocycles. The number of esters is 1. The molecule has 1 fully saturated rings. The summed E-state index contributed by atoms with van der Waals surface area (Å²) < 4.78 is 5.16. The minimum Gasteiger partial charge on any atom is -0.463 e. The minimum absolute atomic E-state index is 0.139. The van der Waals surface area contributed by atoms with E-state index in [1.807, 2.05) is 13.8 Å². The van der Waals surface area contributed by atoms with Crippen LogP contribution in [0.2, 0.25) is 0 Å². The Morgan fingerprint density at radius 1 is 1.21 bits per heavy atom. The predicted molar refractivity (Wildman–Crippen MR) is 80.0 cm³/mol. The Morgan fingerprint density at radius 2 is 1.79 bits per heavy atom. The van der Waals surface area contributed by atoms with E-state index in [0.29, 0.717) is 6.61 Å². The fourth-order valence-electron chi connectivity index (χ4n) is 3.60. The first-order valence-electron chi connectivity index (χ1n) is 7.82. The van der Waals surface area contributed by atoms with Crippen LogP contribution in [0.25, 0.3) is 0 Å². The molecule has 2 heteroatoms. The van der Waals surface area contributed by atoms with Gasteiger partial charge in [0, 0.05) is 5.57 Å². The second kappa shape index (κ2) is 7.12. The molecule has 19 heavy (non-hydrogen) atoms. The highest BCUT2D eigenvalue weighted by Crippen LogP contribution is 2.48. The number of ether oxygens (including phenoxy) is 1. The molecule has 1 saturated carbocycles. The van der Waals surface area contributed by atoms with Crippen LogP contribution in [0.1, 0.15) is 73.1 Å².